The number of amides is 1. The number of rotatable bonds is 6. The Labute approximate surface area is 119 Å². The molecule has 2 N–H and O–H groups in total. The molecule has 7 nitrogen and oxygen atoms in total. The predicted molar refractivity (Wildman–Crippen MR) is 73.6 cm³/mol. The Balaban J connectivity index is 2.70. The average Bonchev–Trinajstić information content (AvgIpc) is 2.84. The molecule has 1 saturated heterocycles. The van der Waals surface area contributed by atoms with E-state index in [-0.39, 0.29) is 6.54 Å². The first-order valence-corrected chi connectivity index (χ1v) is 8.44. The van der Waals surface area contributed by atoms with Crippen molar-refractivity contribution >= 4 is 21.9 Å². The van der Waals surface area contributed by atoms with E-state index in [1.54, 1.807) is 13.8 Å². The lowest BCUT2D eigenvalue weighted by molar-refractivity contribution is -0.148. The van der Waals surface area contributed by atoms with Gasteiger partial charge in [-0.05, 0) is 26.2 Å². The SMILES string of the molecule is CCC(C)(CNC(=O)C1CCCN1S(C)(=O)=O)C(=O)O. The van der Waals surface area contributed by atoms with Crippen molar-refractivity contribution in [2.24, 2.45) is 5.41 Å². The number of sulfonamides is 1. The molecular weight excluding hydrogens is 284 g/mol. The fourth-order valence-electron chi connectivity index (χ4n) is 2.15. The van der Waals surface area contributed by atoms with Crippen LogP contribution in [0.1, 0.15) is 33.1 Å². The predicted octanol–water partition coefficient (Wildman–Crippen LogP) is 0.0275. The fourth-order valence-corrected chi connectivity index (χ4v) is 3.28. The maximum atomic E-state index is 12.1. The molecule has 0 radical (unpaired) electrons. The van der Waals surface area contributed by atoms with Gasteiger partial charge in [-0.15, -0.1) is 0 Å². The van der Waals surface area contributed by atoms with E-state index in [9.17, 15) is 18.0 Å². The van der Waals surface area contributed by atoms with E-state index >= 15 is 0 Å². The number of carbonyl (C=O) groups is 2. The number of hydrogen-bond acceptors (Lipinski definition) is 4. The van der Waals surface area contributed by atoms with Crippen LogP contribution in [0.5, 0.6) is 0 Å². The largest absolute Gasteiger partial charge is 0.481 e. The van der Waals surface area contributed by atoms with Gasteiger partial charge in [0.25, 0.3) is 0 Å². The monoisotopic (exact) mass is 306 g/mol. The molecule has 116 valence electrons. The van der Waals surface area contributed by atoms with Crippen LogP contribution in [0.2, 0.25) is 0 Å². The molecule has 0 aliphatic carbocycles. The molecule has 0 saturated carbocycles. The molecule has 20 heavy (non-hydrogen) atoms. The normalized spacial score (nSPS) is 23.2. The fraction of sp³-hybridized carbons (Fsp3) is 0.833. The van der Waals surface area contributed by atoms with Crippen LogP contribution in [-0.2, 0) is 19.6 Å². The van der Waals surface area contributed by atoms with Crippen LogP contribution >= 0.6 is 0 Å². The van der Waals surface area contributed by atoms with Crippen molar-refractivity contribution in [1.29, 1.82) is 0 Å². The Morgan fingerprint density at radius 1 is 1.45 bits per heavy atom. The standard InChI is InChI=1S/C12H22N2O5S/c1-4-12(2,11(16)17)8-13-10(15)9-6-5-7-14(9)20(3,18)19/h9H,4-8H2,1-3H3,(H,13,15)(H,16,17). The second-order valence-electron chi connectivity index (χ2n) is 5.47. The average molecular weight is 306 g/mol. The van der Waals surface area contributed by atoms with E-state index in [4.69, 9.17) is 5.11 Å². The van der Waals surface area contributed by atoms with Gasteiger partial charge in [0.05, 0.1) is 11.7 Å². The summed E-state index contributed by atoms with van der Waals surface area (Å²) in [4.78, 5) is 23.2. The Morgan fingerprint density at radius 3 is 2.50 bits per heavy atom. The van der Waals surface area contributed by atoms with E-state index in [2.05, 4.69) is 5.32 Å². The lowest BCUT2D eigenvalue weighted by Gasteiger charge is -2.26. The van der Waals surface area contributed by atoms with Gasteiger partial charge in [-0.1, -0.05) is 6.92 Å². The topological polar surface area (TPSA) is 104 Å². The van der Waals surface area contributed by atoms with Crippen molar-refractivity contribution in [2.45, 2.75) is 39.2 Å². The molecule has 1 fully saturated rings. The molecule has 0 aromatic carbocycles. The summed E-state index contributed by atoms with van der Waals surface area (Å²) >= 11 is 0. The second-order valence-corrected chi connectivity index (χ2v) is 7.40. The first kappa shape index (κ1) is 16.9. The summed E-state index contributed by atoms with van der Waals surface area (Å²) in [5.41, 5.74) is -1.04. The molecule has 2 atom stereocenters. The van der Waals surface area contributed by atoms with Crippen LogP contribution in [-0.4, -0.2) is 55.1 Å². The smallest absolute Gasteiger partial charge is 0.311 e. The minimum Gasteiger partial charge on any atom is -0.481 e. The highest BCUT2D eigenvalue weighted by molar-refractivity contribution is 7.88. The third-order valence-electron chi connectivity index (χ3n) is 3.88. The van der Waals surface area contributed by atoms with Crippen molar-refractivity contribution in [1.82, 2.24) is 9.62 Å². The van der Waals surface area contributed by atoms with Crippen LogP contribution < -0.4 is 5.32 Å². The van der Waals surface area contributed by atoms with Gasteiger partial charge in [-0.3, -0.25) is 9.59 Å². The third kappa shape index (κ3) is 3.69. The minimum absolute atomic E-state index is 0.00817. The number of nitrogens with zero attached hydrogens (tertiary/aromatic N) is 1. The summed E-state index contributed by atoms with van der Waals surface area (Å²) in [5, 5.41) is 11.7. The van der Waals surface area contributed by atoms with E-state index in [1.807, 2.05) is 0 Å². The van der Waals surface area contributed by atoms with Crippen molar-refractivity contribution in [3.8, 4) is 0 Å². The zero-order chi connectivity index (χ0) is 15.6. The second kappa shape index (κ2) is 6.09. The molecule has 1 aliphatic rings. The van der Waals surface area contributed by atoms with Gasteiger partial charge in [-0.2, -0.15) is 4.31 Å². The third-order valence-corrected chi connectivity index (χ3v) is 5.17. The first-order valence-electron chi connectivity index (χ1n) is 6.60. The molecule has 0 bridgehead atoms. The lowest BCUT2D eigenvalue weighted by Crippen LogP contribution is -2.49. The Morgan fingerprint density at radius 2 is 2.05 bits per heavy atom. The highest BCUT2D eigenvalue weighted by Gasteiger charge is 2.38. The summed E-state index contributed by atoms with van der Waals surface area (Å²) in [6.45, 7) is 3.61. The molecule has 2 unspecified atom stereocenters. The van der Waals surface area contributed by atoms with Crippen LogP contribution in [0, 0.1) is 5.41 Å². The highest BCUT2D eigenvalue weighted by atomic mass is 32.2. The molecular formula is C12H22N2O5S. The van der Waals surface area contributed by atoms with Gasteiger partial charge >= 0.3 is 5.97 Å². The van der Waals surface area contributed by atoms with Crippen molar-refractivity contribution in [3.63, 3.8) is 0 Å². The van der Waals surface area contributed by atoms with Gasteiger partial charge < -0.3 is 10.4 Å². The van der Waals surface area contributed by atoms with Crippen LogP contribution in [0.15, 0.2) is 0 Å². The summed E-state index contributed by atoms with van der Waals surface area (Å²) in [7, 11) is -3.42. The van der Waals surface area contributed by atoms with E-state index in [0.29, 0.717) is 25.8 Å². The molecule has 1 amide bonds. The summed E-state index contributed by atoms with van der Waals surface area (Å²) in [6.07, 6.45) is 2.55. The quantitative estimate of drug-likeness (QED) is 0.720. The van der Waals surface area contributed by atoms with Crippen molar-refractivity contribution in [2.75, 3.05) is 19.3 Å². The van der Waals surface area contributed by atoms with Gasteiger partial charge in [0.15, 0.2) is 0 Å². The van der Waals surface area contributed by atoms with Crippen molar-refractivity contribution in [3.05, 3.63) is 0 Å². The maximum Gasteiger partial charge on any atom is 0.311 e. The number of nitrogens with one attached hydrogen (secondary N) is 1. The molecule has 8 heteroatoms. The summed E-state index contributed by atoms with van der Waals surface area (Å²) in [6, 6.07) is -0.722. The van der Waals surface area contributed by atoms with Crippen LogP contribution in [0.4, 0.5) is 0 Å². The van der Waals surface area contributed by atoms with E-state index in [0.717, 1.165) is 6.26 Å². The number of carboxylic acids is 1. The minimum atomic E-state index is -3.42. The number of hydrogen-bond donors (Lipinski definition) is 2. The van der Waals surface area contributed by atoms with Crippen molar-refractivity contribution < 1.29 is 23.1 Å². The van der Waals surface area contributed by atoms with Gasteiger partial charge in [0.2, 0.25) is 15.9 Å². The lowest BCUT2D eigenvalue weighted by atomic mass is 9.87. The zero-order valence-electron chi connectivity index (χ0n) is 12.0. The zero-order valence-corrected chi connectivity index (χ0v) is 12.9. The summed E-state index contributed by atoms with van der Waals surface area (Å²) in [5.74, 6) is -1.40. The van der Waals surface area contributed by atoms with Gasteiger partial charge in [0, 0.05) is 13.1 Å². The molecule has 1 rings (SSSR count). The van der Waals surface area contributed by atoms with E-state index in [1.165, 1.54) is 4.31 Å². The van der Waals surface area contributed by atoms with Crippen LogP contribution in [0.25, 0.3) is 0 Å². The summed E-state index contributed by atoms with van der Waals surface area (Å²) < 4.78 is 24.3. The Hall–Kier alpha value is -1.15. The molecule has 0 aromatic heterocycles. The molecule has 1 heterocycles. The van der Waals surface area contributed by atoms with Gasteiger partial charge in [0.1, 0.15) is 6.04 Å². The first-order chi connectivity index (χ1) is 9.12. The number of carbonyl (C=O) groups excluding carboxylic acids is 1. The maximum absolute atomic E-state index is 12.1. The highest BCUT2D eigenvalue weighted by Crippen LogP contribution is 2.22. The molecule has 0 spiro atoms. The number of carboxylic acid groups (broad SMARTS) is 1. The Kier molecular flexibility index (Phi) is 5.15. The van der Waals surface area contributed by atoms with Gasteiger partial charge in [-0.25, -0.2) is 8.42 Å². The van der Waals surface area contributed by atoms with E-state index < -0.39 is 33.4 Å². The molecule has 1 aliphatic heterocycles. The number of aliphatic carboxylic acids is 1. The van der Waals surface area contributed by atoms with Crippen LogP contribution in [0.3, 0.4) is 0 Å². The Bertz CT molecular complexity index is 490. The molecule has 0 aromatic rings.